The van der Waals surface area contributed by atoms with Gasteiger partial charge < -0.3 is 25.6 Å². The number of hydrogen-bond acceptors (Lipinski definition) is 4. The molecule has 6 heteroatoms. The van der Waals surface area contributed by atoms with Crippen LogP contribution >= 0.6 is 0 Å². The summed E-state index contributed by atoms with van der Waals surface area (Å²) in [4.78, 5) is 7.65. The molecule has 1 aromatic rings. The molecule has 1 aromatic carbocycles. The molecule has 1 unspecified atom stereocenters. The maximum Gasteiger partial charge on any atom is 0.191 e. The first kappa shape index (κ1) is 25.0. The third kappa shape index (κ3) is 7.75. The Labute approximate surface area is 195 Å². The molecule has 1 aliphatic carbocycles. The lowest BCUT2D eigenvalue weighted by atomic mass is 9.95. The Morgan fingerprint density at radius 1 is 1.19 bits per heavy atom. The molecular weight excluding hydrogens is 398 g/mol. The molecular formula is C26H45N5O. The Hall–Kier alpha value is -1.63. The van der Waals surface area contributed by atoms with Gasteiger partial charge in [-0.05, 0) is 51.5 Å². The number of nitrogens with zero attached hydrogens (tertiary/aromatic N) is 2. The average Bonchev–Trinajstić information content (AvgIpc) is 3.28. The molecule has 1 saturated carbocycles. The molecule has 1 heterocycles. The van der Waals surface area contributed by atoms with Gasteiger partial charge in [0.05, 0.1) is 6.54 Å². The standard InChI is InChI=1S/C26H45N5O/c1-4-27-25(29-24-13-18-31(19-14-24)17-10-20-32-3)28-21-26(15-8-9-16-26)30-22(2)23-11-6-5-7-12-23/h5-7,11-12,22,24,30H,4,8-10,13-21H2,1-3H3,(H2,27,28,29). The smallest absolute Gasteiger partial charge is 0.191 e. The molecule has 1 aliphatic heterocycles. The molecule has 1 atom stereocenters. The molecule has 2 fully saturated rings. The van der Waals surface area contributed by atoms with E-state index in [2.05, 4.69) is 65.0 Å². The molecule has 1 saturated heterocycles. The van der Waals surface area contributed by atoms with Crippen LogP contribution in [-0.4, -0.2) is 68.9 Å². The third-order valence-corrected chi connectivity index (χ3v) is 7.02. The van der Waals surface area contributed by atoms with Gasteiger partial charge in [-0.2, -0.15) is 0 Å². The summed E-state index contributed by atoms with van der Waals surface area (Å²) in [6, 6.07) is 11.6. The van der Waals surface area contributed by atoms with Crippen molar-refractivity contribution in [2.24, 2.45) is 4.99 Å². The lowest BCUT2D eigenvalue weighted by molar-refractivity contribution is 0.155. The Bertz CT molecular complexity index is 666. The second kappa shape index (κ2) is 13.2. The van der Waals surface area contributed by atoms with Crippen molar-refractivity contribution in [1.29, 1.82) is 0 Å². The molecule has 0 aromatic heterocycles. The van der Waals surface area contributed by atoms with Crippen molar-refractivity contribution in [3.63, 3.8) is 0 Å². The van der Waals surface area contributed by atoms with Crippen LogP contribution in [0, 0.1) is 0 Å². The maximum absolute atomic E-state index is 5.19. The van der Waals surface area contributed by atoms with Crippen molar-refractivity contribution in [1.82, 2.24) is 20.9 Å². The highest BCUT2D eigenvalue weighted by Crippen LogP contribution is 2.32. The fourth-order valence-corrected chi connectivity index (χ4v) is 5.16. The van der Waals surface area contributed by atoms with E-state index in [0.717, 1.165) is 51.7 Å². The SMILES string of the molecule is CCNC(=NCC1(NC(C)c2ccccc2)CCCC1)NC1CCN(CCCOC)CC1. The largest absolute Gasteiger partial charge is 0.385 e. The van der Waals surface area contributed by atoms with Gasteiger partial charge in [0.1, 0.15) is 0 Å². The minimum absolute atomic E-state index is 0.0995. The highest BCUT2D eigenvalue weighted by molar-refractivity contribution is 5.80. The number of nitrogens with one attached hydrogen (secondary N) is 3. The van der Waals surface area contributed by atoms with Gasteiger partial charge in [0, 0.05) is 57.5 Å². The van der Waals surface area contributed by atoms with Gasteiger partial charge in [-0.25, -0.2) is 0 Å². The summed E-state index contributed by atoms with van der Waals surface area (Å²) in [6.45, 7) is 10.5. The molecule has 0 spiro atoms. The number of guanidine groups is 1. The number of piperidine rings is 1. The summed E-state index contributed by atoms with van der Waals surface area (Å²) < 4.78 is 5.19. The van der Waals surface area contributed by atoms with Crippen LogP contribution in [0.4, 0.5) is 0 Å². The minimum atomic E-state index is 0.0995. The zero-order valence-corrected chi connectivity index (χ0v) is 20.5. The van der Waals surface area contributed by atoms with E-state index in [0.29, 0.717) is 12.1 Å². The van der Waals surface area contributed by atoms with Crippen molar-refractivity contribution in [3.05, 3.63) is 35.9 Å². The van der Waals surface area contributed by atoms with Gasteiger partial charge in [0.2, 0.25) is 0 Å². The second-order valence-corrected chi connectivity index (χ2v) is 9.57. The van der Waals surface area contributed by atoms with Crippen LogP contribution in [0.3, 0.4) is 0 Å². The van der Waals surface area contributed by atoms with Gasteiger partial charge in [-0.1, -0.05) is 43.2 Å². The number of likely N-dealkylation sites (tertiary alicyclic amines) is 1. The van der Waals surface area contributed by atoms with E-state index in [1.54, 1.807) is 7.11 Å². The molecule has 3 rings (SSSR count). The summed E-state index contributed by atoms with van der Waals surface area (Å²) in [5.41, 5.74) is 1.45. The van der Waals surface area contributed by atoms with Crippen LogP contribution in [0.5, 0.6) is 0 Å². The first-order valence-electron chi connectivity index (χ1n) is 12.7. The van der Waals surface area contributed by atoms with Crippen LogP contribution in [0.15, 0.2) is 35.3 Å². The van der Waals surface area contributed by atoms with E-state index >= 15 is 0 Å². The van der Waals surface area contributed by atoms with Crippen molar-refractivity contribution in [3.8, 4) is 0 Å². The summed E-state index contributed by atoms with van der Waals surface area (Å²) in [5, 5.41) is 11.2. The number of hydrogen-bond donors (Lipinski definition) is 3. The van der Waals surface area contributed by atoms with Gasteiger partial charge in [-0.15, -0.1) is 0 Å². The van der Waals surface area contributed by atoms with Crippen molar-refractivity contribution < 1.29 is 4.74 Å². The maximum atomic E-state index is 5.19. The molecule has 0 amide bonds. The summed E-state index contributed by atoms with van der Waals surface area (Å²) >= 11 is 0. The molecule has 0 bridgehead atoms. The normalized spacial score (nSPS) is 20.9. The monoisotopic (exact) mass is 443 g/mol. The first-order valence-corrected chi connectivity index (χ1v) is 12.7. The van der Waals surface area contributed by atoms with Gasteiger partial charge in [0.25, 0.3) is 0 Å². The predicted octanol–water partition coefficient (Wildman–Crippen LogP) is 3.71. The quantitative estimate of drug-likeness (QED) is 0.277. The molecule has 32 heavy (non-hydrogen) atoms. The number of rotatable bonds is 11. The van der Waals surface area contributed by atoms with E-state index in [-0.39, 0.29) is 5.54 Å². The third-order valence-electron chi connectivity index (χ3n) is 7.02. The second-order valence-electron chi connectivity index (χ2n) is 9.57. The molecule has 0 radical (unpaired) electrons. The fourth-order valence-electron chi connectivity index (χ4n) is 5.16. The van der Waals surface area contributed by atoms with Gasteiger partial charge in [0.15, 0.2) is 5.96 Å². The van der Waals surface area contributed by atoms with E-state index in [9.17, 15) is 0 Å². The molecule has 2 aliphatic rings. The Balaban J connectivity index is 1.54. The number of aliphatic imine (C=N–C) groups is 1. The first-order chi connectivity index (χ1) is 15.6. The number of ether oxygens (including phenoxy) is 1. The predicted molar refractivity (Wildman–Crippen MR) is 134 cm³/mol. The minimum Gasteiger partial charge on any atom is -0.385 e. The highest BCUT2D eigenvalue weighted by Gasteiger charge is 2.35. The van der Waals surface area contributed by atoms with Crippen LogP contribution in [-0.2, 0) is 4.74 Å². The van der Waals surface area contributed by atoms with E-state index in [1.807, 2.05) is 0 Å². The number of methoxy groups -OCH3 is 1. The topological polar surface area (TPSA) is 60.9 Å². The number of benzene rings is 1. The lowest BCUT2D eigenvalue weighted by Crippen LogP contribution is -2.51. The van der Waals surface area contributed by atoms with Crippen LogP contribution in [0.1, 0.15) is 70.4 Å². The van der Waals surface area contributed by atoms with Crippen LogP contribution < -0.4 is 16.0 Å². The van der Waals surface area contributed by atoms with Crippen LogP contribution in [0.2, 0.25) is 0 Å². The molecule has 6 nitrogen and oxygen atoms in total. The summed E-state index contributed by atoms with van der Waals surface area (Å²) in [7, 11) is 1.78. The average molecular weight is 444 g/mol. The summed E-state index contributed by atoms with van der Waals surface area (Å²) in [5.74, 6) is 0.978. The molecule has 180 valence electrons. The van der Waals surface area contributed by atoms with Crippen molar-refractivity contribution in [2.75, 3.05) is 46.4 Å². The van der Waals surface area contributed by atoms with Crippen LogP contribution in [0.25, 0.3) is 0 Å². The van der Waals surface area contributed by atoms with Crippen molar-refractivity contribution >= 4 is 5.96 Å². The molecule has 3 N–H and O–H groups in total. The van der Waals surface area contributed by atoms with E-state index < -0.39 is 0 Å². The Kier molecular flexibility index (Phi) is 10.3. The van der Waals surface area contributed by atoms with Crippen molar-refractivity contribution in [2.45, 2.75) is 76.4 Å². The van der Waals surface area contributed by atoms with Gasteiger partial charge in [-0.3, -0.25) is 4.99 Å². The lowest BCUT2D eigenvalue weighted by Gasteiger charge is -2.34. The van der Waals surface area contributed by atoms with E-state index in [1.165, 1.54) is 44.1 Å². The Morgan fingerprint density at radius 2 is 1.91 bits per heavy atom. The highest BCUT2D eigenvalue weighted by atomic mass is 16.5. The Morgan fingerprint density at radius 3 is 2.56 bits per heavy atom. The van der Waals surface area contributed by atoms with E-state index in [4.69, 9.17) is 9.73 Å². The van der Waals surface area contributed by atoms with Gasteiger partial charge >= 0.3 is 0 Å². The fraction of sp³-hybridized carbons (Fsp3) is 0.731. The zero-order valence-electron chi connectivity index (χ0n) is 20.5. The summed E-state index contributed by atoms with van der Waals surface area (Å²) in [6.07, 6.45) is 8.44. The zero-order chi connectivity index (χ0) is 22.7.